The van der Waals surface area contributed by atoms with Crippen molar-refractivity contribution in [2.75, 3.05) is 26.2 Å². The number of nitrogens with zero attached hydrogens (tertiary/aromatic N) is 1. The maximum atomic E-state index is 13.3. The number of nitrogens with one attached hydrogen (secondary N) is 1. The third kappa shape index (κ3) is 5.39. The number of hydrogen-bond donors (Lipinski definition) is 1. The fraction of sp³-hybridized carbons (Fsp3) is 0.368. The van der Waals surface area contributed by atoms with Gasteiger partial charge in [-0.25, -0.2) is 0 Å². The van der Waals surface area contributed by atoms with Crippen LogP contribution in [0.1, 0.15) is 18.0 Å². The van der Waals surface area contributed by atoms with E-state index in [4.69, 9.17) is 11.6 Å². The van der Waals surface area contributed by atoms with E-state index in [0.717, 1.165) is 15.4 Å². The molecule has 0 saturated carbocycles. The summed E-state index contributed by atoms with van der Waals surface area (Å²) in [5.41, 5.74) is 0.728. The van der Waals surface area contributed by atoms with Crippen LogP contribution in [0.2, 0.25) is 5.02 Å². The first-order valence-corrected chi connectivity index (χ1v) is 9.66. The van der Waals surface area contributed by atoms with E-state index in [0.29, 0.717) is 31.2 Å². The largest absolute Gasteiger partial charge is 0.390 e. The summed E-state index contributed by atoms with van der Waals surface area (Å²) in [7, 11) is 0. The SMILES string of the molecule is FC(F)(F)C[C@H](c1ccccc1Sc1ccc(Cl)cc1)N1CCNCC1. The third-order valence-electron chi connectivity index (χ3n) is 4.34. The van der Waals surface area contributed by atoms with Gasteiger partial charge in [0.2, 0.25) is 0 Å². The molecule has 1 N–H and O–H groups in total. The molecule has 2 aromatic rings. The topological polar surface area (TPSA) is 15.3 Å². The van der Waals surface area contributed by atoms with Crippen molar-refractivity contribution in [2.45, 2.75) is 28.4 Å². The minimum absolute atomic E-state index is 0.612. The minimum atomic E-state index is -4.21. The summed E-state index contributed by atoms with van der Waals surface area (Å²) in [6.07, 6.45) is -5.06. The highest BCUT2D eigenvalue weighted by atomic mass is 35.5. The Labute approximate surface area is 160 Å². The van der Waals surface area contributed by atoms with Crippen molar-refractivity contribution in [1.29, 1.82) is 0 Å². The van der Waals surface area contributed by atoms with Crippen molar-refractivity contribution < 1.29 is 13.2 Å². The molecule has 3 rings (SSSR count). The van der Waals surface area contributed by atoms with Crippen LogP contribution >= 0.6 is 23.4 Å². The first kappa shape index (κ1) is 19.5. The van der Waals surface area contributed by atoms with Crippen LogP contribution < -0.4 is 5.32 Å². The molecule has 1 fully saturated rings. The number of benzene rings is 2. The number of rotatable bonds is 5. The molecule has 1 atom stereocenters. The van der Waals surface area contributed by atoms with Crippen LogP contribution in [0.5, 0.6) is 0 Å². The summed E-state index contributed by atoms with van der Waals surface area (Å²) in [5, 5.41) is 3.84. The standard InChI is InChI=1S/C19H20ClF3N2S/c20-14-5-7-15(8-6-14)26-18-4-2-1-3-16(18)17(13-19(21,22)23)25-11-9-24-10-12-25/h1-8,17,24H,9-13H2/t17-/m1/s1. The third-order valence-corrected chi connectivity index (χ3v) is 5.69. The smallest absolute Gasteiger partial charge is 0.314 e. The van der Waals surface area contributed by atoms with Crippen molar-refractivity contribution in [3.8, 4) is 0 Å². The lowest BCUT2D eigenvalue weighted by Crippen LogP contribution is -2.46. The molecule has 2 nitrogen and oxygen atoms in total. The van der Waals surface area contributed by atoms with E-state index in [-0.39, 0.29) is 0 Å². The van der Waals surface area contributed by atoms with Crippen molar-refractivity contribution in [3.63, 3.8) is 0 Å². The summed E-state index contributed by atoms with van der Waals surface area (Å²) in [6, 6.07) is 14.0. The summed E-state index contributed by atoms with van der Waals surface area (Å²) in [6.45, 7) is 2.64. The number of piperazine rings is 1. The molecule has 26 heavy (non-hydrogen) atoms. The molecule has 0 aliphatic carbocycles. The molecule has 1 aliphatic heterocycles. The van der Waals surface area contributed by atoms with Crippen LogP contribution in [-0.2, 0) is 0 Å². The van der Waals surface area contributed by atoms with E-state index in [2.05, 4.69) is 5.32 Å². The van der Waals surface area contributed by atoms with Crippen molar-refractivity contribution in [1.82, 2.24) is 10.2 Å². The van der Waals surface area contributed by atoms with Crippen LogP contribution in [0.4, 0.5) is 13.2 Å². The molecular weight excluding hydrogens is 381 g/mol. The molecule has 2 aromatic carbocycles. The molecule has 1 heterocycles. The van der Waals surface area contributed by atoms with Gasteiger partial charge in [-0.1, -0.05) is 41.6 Å². The predicted molar refractivity (Wildman–Crippen MR) is 99.9 cm³/mol. The van der Waals surface area contributed by atoms with Gasteiger partial charge >= 0.3 is 6.18 Å². The minimum Gasteiger partial charge on any atom is -0.314 e. The van der Waals surface area contributed by atoms with Crippen LogP contribution in [0, 0.1) is 0 Å². The molecular formula is C19H20ClF3N2S. The molecule has 0 amide bonds. The Morgan fingerprint density at radius 2 is 1.69 bits per heavy atom. The van der Waals surface area contributed by atoms with E-state index < -0.39 is 18.6 Å². The van der Waals surface area contributed by atoms with Crippen LogP contribution in [0.25, 0.3) is 0 Å². The van der Waals surface area contributed by atoms with Gasteiger partial charge in [0.15, 0.2) is 0 Å². The Bertz CT molecular complexity index is 715. The number of hydrogen-bond acceptors (Lipinski definition) is 3. The lowest BCUT2D eigenvalue weighted by Gasteiger charge is -2.36. The Kier molecular flexibility index (Phi) is 6.51. The molecule has 140 valence electrons. The molecule has 0 bridgehead atoms. The molecule has 0 aromatic heterocycles. The first-order valence-electron chi connectivity index (χ1n) is 8.46. The van der Waals surface area contributed by atoms with Crippen LogP contribution in [0.15, 0.2) is 58.3 Å². The molecule has 1 aliphatic rings. The highest BCUT2D eigenvalue weighted by molar-refractivity contribution is 7.99. The Balaban J connectivity index is 1.91. The van der Waals surface area contributed by atoms with Gasteiger partial charge in [0, 0.05) is 47.0 Å². The maximum Gasteiger partial charge on any atom is 0.390 e. The van der Waals surface area contributed by atoms with E-state index in [9.17, 15) is 13.2 Å². The normalized spacial score (nSPS) is 17.2. The molecule has 0 spiro atoms. The van der Waals surface area contributed by atoms with Crippen molar-refractivity contribution >= 4 is 23.4 Å². The fourth-order valence-electron chi connectivity index (χ4n) is 3.13. The second kappa shape index (κ2) is 8.65. The highest BCUT2D eigenvalue weighted by Gasteiger charge is 2.36. The Hall–Kier alpha value is -1.21. The average Bonchev–Trinajstić information content (AvgIpc) is 2.62. The van der Waals surface area contributed by atoms with Gasteiger partial charge in [0.05, 0.1) is 6.42 Å². The quantitative estimate of drug-likeness (QED) is 0.724. The maximum absolute atomic E-state index is 13.3. The first-order chi connectivity index (χ1) is 12.4. The second-order valence-electron chi connectivity index (χ2n) is 6.21. The zero-order chi connectivity index (χ0) is 18.6. The molecule has 7 heteroatoms. The summed E-state index contributed by atoms with van der Waals surface area (Å²) < 4.78 is 39.9. The van der Waals surface area contributed by atoms with E-state index >= 15 is 0 Å². The summed E-state index contributed by atoms with van der Waals surface area (Å²) >= 11 is 7.40. The Morgan fingerprint density at radius 1 is 1.04 bits per heavy atom. The number of halogens is 4. The van der Waals surface area contributed by atoms with Crippen molar-refractivity contribution in [2.24, 2.45) is 0 Å². The lowest BCUT2D eigenvalue weighted by atomic mass is 10.0. The van der Waals surface area contributed by atoms with Gasteiger partial charge in [-0.3, -0.25) is 4.90 Å². The van der Waals surface area contributed by atoms with E-state index in [1.807, 2.05) is 41.3 Å². The van der Waals surface area contributed by atoms with E-state index in [1.165, 1.54) is 11.8 Å². The summed E-state index contributed by atoms with van der Waals surface area (Å²) in [5.74, 6) is 0. The average molecular weight is 401 g/mol. The van der Waals surface area contributed by atoms with Gasteiger partial charge in [-0.15, -0.1) is 0 Å². The molecule has 0 unspecified atom stereocenters. The van der Waals surface area contributed by atoms with Crippen LogP contribution in [-0.4, -0.2) is 37.3 Å². The zero-order valence-corrected chi connectivity index (χ0v) is 15.7. The zero-order valence-electron chi connectivity index (χ0n) is 14.1. The predicted octanol–water partition coefficient (Wildman–Crippen LogP) is 5.39. The van der Waals surface area contributed by atoms with Gasteiger partial charge in [0.1, 0.15) is 0 Å². The number of alkyl halides is 3. The van der Waals surface area contributed by atoms with Gasteiger partial charge in [-0.2, -0.15) is 13.2 Å². The fourth-order valence-corrected chi connectivity index (χ4v) is 4.25. The van der Waals surface area contributed by atoms with Gasteiger partial charge < -0.3 is 5.32 Å². The molecule has 0 radical (unpaired) electrons. The molecule has 1 saturated heterocycles. The highest BCUT2D eigenvalue weighted by Crippen LogP contribution is 2.40. The van der Waals surface area contributed by atoms with E-state index in [1.54, 1.807) is 12.1 Å². The van der Waals surface area contributed by atoms with Crippen molar-refractivity contribution in [3.05, 3.63) is 59.1 Å². The Morgan fingerprint density at radius 3 is 2.35 bits per heavy atom. The van der Waals surface area contributed by atoms with Gasteiger partial charge in [-0.05, 0) is 35.9 Å². The monoisotopic (exact) mass is 400 g/mol. The lowest BCUT2D eigenvalue weighted by molar-refractivity contribution is -0.149. The summed E-state index contributed by atoms with van der Waals surface area (Å²) in [4.78, 5) is 3.74. The van der Waals surface area contributed by atoms with Crippen LogP contribution in [0.3, 0.4) is 0 Å². The van der Waals surface area contributed by atoms with Gasteiger partial charge in [0.25, 0.3) is 0 Å². The second-order valence-corrected chi connectivity index (χ2v) is 7.77.